The van der Waals surface area contributed by atoms with Gasteiger partial charge in [-0.05, 0) is 54.6 Å². The van der Waals surface area contributed by atoms with E-state index in [0.29, 0.717) is 17.2 Å². The maximum Gasteiger partial charge on any atom is 0.244 e. The first-order valence-electron chi connectivity index (χ1n) is 8.80. The largest absolute Gasteiger partial charge is 0.457 e. The Bertz CT molecular complexity index is 1140. The molecule has 0 unspecified atom stereocenters. The van der Waals surface area contributed by atoms with Gasteiger partial charge in [0.1, 0.15) is 16.4 Å². The van der Waals surface area contributed by atoms with E-state index in [1.165, 1.54) is 25.2 Å². The van der Waals surface area contributed by atoms with Crippen molar-refractivity contribution in [3.05, 3.63) is 82.8 Å². The Morgan fingerprint density at radius 1 is 0.967 bits per heavy atom. The summed E-state index contributed by atoms with van der Waals surface area (Å²) in [5, 5.41) is 2.91. The Balaban J connectivity index is 1.62. The highest BCUT2D eigenvalue weighted by atomic mass is 35.5. The van der Waals surface area contributed by atoms with Crippen molar-refractivity contribution in [3.63, 3.8) is 0 Å². The Morgan fingerprint density at radius 2 is 1.60 bits per heavy atom. The Labute approximate surface area is 185 Å². The average molecular weight is 465 g/mol. The van der Waals surface area contributed by atoms with Crippen LogP contribution >= 0.6 is 23.2 Å². The summed E-state index contributed by atoms with van der Waals surface area (Å²) < 4.78 is 32.0. The molecule has 9 heteroatoms. The van der Waals surface area contributed by atoms with Crippen molar-refractivity contribution in [2.75, 3.05) is 18.9 Å². The number of rotatable bonds is 7. The molecule has 3 rings (SSSR count). The molecule has 1 N–H and O–H groups in total. The summed E-state index contributed by atoms with van der Waals surface area (Å²) in [7, 11) is -2.69. The second-order valence-corrected chi connectivity index (χ2v) is 9.18. The topological polar surface area (TPSA) is 75.7 Å². The summed E-state index contributed by atoms with van der Waals surface area (Å²) in [5.74, 6) is 0.797. The number of hydrogen-bond acceptors (Lipinski definition) is 4. The number of nitrogens with one attached hydrogen (secondary N) is 1. The number of sulfonamides is 1. The number of benzene rings is 3. The van der Waals surface area contributed by atoms with Gasteiger partial charge in [0.25, 0.3) is 0 Å². The number of amides is 1. The third-order valence-corrected chi connectivity index (χ3v) is 6.58. The molecule has 0 aliphatic carbocycles. The molecule has 3 aromatic rings. The van der Waals surface area contributed by atoms with Gasteiger partial charge >= 0.3 is 0 Å². The van der Waals surface area contributed by atoms with Gasteiger partial charge in [0, 0.05) is 17.8 Å². The van der Waals surface area contributed by atoms with Gasteiger partial charge in [-0.25, -0.2) is 8.42 Å². The number of halogens is 2. The van der Waals surface area contributed by atoms with Crippen LogP contribution in [0.15, 0.2) is 77.7 Å². The highest BCUT2D eigenvalue weighted by Gasteiger charge is 2.25. The third kappa shape index (κ3) is 5.52. The zero-order valence-corrected chi connectivity index (χ0v) is 18.2. The van der Waals surface area contributed by atoms with Gasteiger partial charge < -0.3 is 10.1 Å². The van der Waals surface area contributed by atoms with E-state index in [1.54, 1.807) is 24.3 Å². The van der Waals surface area contributed by atoms with Gasteiger partial charge in [0.05, 0.1) is 11.6 Å². The number of likely N-dealkylation sites (N-methyl/N-ethyl adjacent to an activating group) is 1. The molecule has 0 aliphatic rings. The fourth-order valence-electron chi connectivity index (χ4n) is 2.56. The van der Waals surface area contributed by atoms with Crippen LogP contribution in [-0.4, -0.2) is 32.2 Å². The number of ether oxygens (including phenoxy) is 1. The summed E-state index contributed by atoms with van der Waals surface area (Å²) in [6, 6.07) is 20.2. The van der Waals surface area contributed by atoms with E-state index in [1.807, 2.05) is 30.3 Å². The summed E-state index contributed by atoms with van der Waals surface area (Å²) in [6.45, 7) is -0.395. The maximum atomic E-state index is 12.7. The molecular weight excluding hydrogens is 447 g/mol. The average Bonchev–Trinajstić information content (AvgIpc) is 2.72. The smallest absolute Gasteiger partial charge is 0.244 e. The fourth-order valence-corrected chi connectivity index (χ4v) is 4.42. The van der Waals surface area contributed by atoms with Crippen LogP contribution < -0.4 is 10.1 Å². The lowest BCUT2D eigenvalue weighted by molar-refractivity contribution is -0.116. The molecule has 0 heterocycles. The highest BCUT2D eigenvalue weighted by Crippen LogP contribution is 2.27. The molecular formula is C21H18Cl2N2O4S. The minimum absolute atomic E-state index is 0.0284. The highest BCUT2D eigenvalue weighted by molar-refractivity contribution is 7.89. The summed E-state index contributed by atoms with van der Waals surface area (Å²) in [4.78, 5) is 12.2. The number of para-hydroxylation sites is 1. The molecule has 0 spiro atoms. The summed E-state index contributed by atoms with van der Waals surface area (Å²) >= 11 is 11.9. The van der Waals surface area contributed by atoms with Crippen molar-refractivity contribution in [1.82, 2.24) is 4.31 Å². The van der Waals surface area contributed by atoms with E-state index in [2.05, 4.69) is 5.32 Å². The molecule has 30 heavy (non-hydrogen) atoms. The quantitative estimate of drug-likeness (QED) is 0.530. The van der Waals surface area contributed by atoms with Crippen LogP contribution in [0, 0.1) is 0 Å². The monoisotopic (exact) mass is 464 g/mol. The van der Waals surface area contributed by atoms with Crippen molar-refractivity contribution in [1.29, 1.82) is 0 Å². The molecule has 0 saturated heterocycles. The molecule has 0 atom stereocenters. The molecule has 0 bridgehead atoms. The van der Waals surface area contributed by atoms with Crippen LogP contribution in [0.25, 0.3) is 0 Å². The van der Waals surface area contributed by atoms with Crippen LogP contribution in [0.5, 0.6) is 11.5 Å². The molecule has 0 aliphatic heterocycles. The van der Waals surface area contributed by atoms with Crippen molar-refractivity contribution < 1.29 is 17.9 Å². The number of nitrogens with zero attached hydrogens (tertiary/aromatic N) is 1. The molecule has 1 amide bonds. The molecule has 6 nitrogen and oxygen atoms in total. The second-order valence-electron chi connectivity index (χ2n) is 6.32. The van der Waals surface area contributed by atoms with Crippen LogP contribution in [0.1, 0.15) is 0 Å². The summed E-state index contributed by atoms with van der Waals surface area (Å²) in [6.07, 6.45) is 0. The maximum absolute atomic E-state index is 12.7. The number of carbonyl (C=O) groups is 1. The van der Waals surface area contributed by atoms with E-state index in [9.17, 15) is 13.2 Å². The lowest BCUT2D eigenvalue weighted by atomic mass is 10.3. The number of anilines is 1. The van der Waals surface area contributed by atoms with Crippen LogP contribution in [-0.2, 0) is 14.8 Å². The Morgan fingerprint density at radius 3 is 2.27 bits per heavy atom. The fraction of sp³-hybridized carbons (Fsp3) is 0.0952. The molecule has 3 aromatic carbocycles. The van der Waals surface area contributed by atoms with E-state index in [0.717, 1.165) is 4.31 Å². The molecule has 0 radical (unpaired) electrons. The van der Waals surface area contributed by atoms with Gasteiger partial charge in [-0.15, -0.1) is 0 Å². The predicted octanol–water partition coefficient (Wildman–Crippen LogP) is 5.04. The van der Waals surface area contributed by atoms with Crippen LogP contribution in [0.3, 0.4) is 0 Å². The van der Waals surface area contributed by atoms with E-state index in [4.69, 9.17) is 27.9 Å². The van der Waals surface area contributed by atoms with Crippen molar-refractivity contribution >= 4 is 44.8 Å². The first-order chi connectivity index (χ1) is 14.3. The van der Waals surface area contributed by atoms with Crippen molar-refractivity contribution in [3.8, 4) is 11.5 Å². The van der Waals surface area contributed by atoms with Gasteiger partial charge in [-0.1, -0.05) is 41.4 Å². The number of carbonyl (C=O) groups excluding carboxylic acids is 1. The molecule has 156 valence electrons. The minimum atomic E-state index is -3.98. The SMILES string of the molecule is CN(CC(=O)Nc1ccc(Oc2ccccc2)cc1)S(=O)(=O)c1cc(Cl)ccc1Cl. The van der Waals surface area contributed by atoms with Crippen LogP contribution in [0.2, 0.25) is 10.0 Å². The normalized spacial score (nSPS) is 11.3. The first-order valence-corrected chi connectivity index (χ1v) is 11.0. The standard InChI is InChI=1S/C21H18Cl2N2O4S/c1-25(30(27,28)20-13-15(22)7-12-19(20)23)14-21(26)24-16-8-10-18(11-9-16)29-17-5-3-2-4-6-17/h2-13H,14H2,1H3,(H,24,26). The minimum Gasteiger partial charge on any atom is -0.457 e. The lowest BCUT2D eigenvalue weighted by Gasteiger charge is -2.18. The van der Waals surface area contributed by atoms with E-state index in [-0.39, 0.29) is 14.9 Å². The van der Waals surface area contributed by atoms with Crippen molar-refractivity contribution in [2.45, 2.75) is 4.90 Å². The molecule has 0 aromatic heterocycles. The first kappa shape index (κ1) is 22.1. The van der Waals surface area contributed by atoms with Gasteiger partial charge in [0.2, 0.25) is 15.9 Å². The Hall–Kier alpha value is -2.58. The van der Waals surface area contributed by atoms with E-state index >= 15 is 0 Å². The molecule has 0 fully saturated rings. The second kappa shape index (κ2) is 9.49. The van der Waals surface area contributed by atoms with Gasteiger partial charge in [0.15, 0.2) is 0 Å². The third-order valence-electron chi connectivity index (χ3n) is 4.06. The molecule has 0 saturated carbocycles. The lowest BCUT2D eigenvalue weighted by Crippen LogP contribution is -2.35. The van der Waals surface area contributed by atoms with Crippen molar-refractivity contribution in [2.24, 2.45) is 0 Å². The van der Waals surface area contributed by atoms with E-state index < -0.39 is 22.5 Å². The zero-order valence-electron chi connectivity index (χ0n) is 15.9. The predicted molar refractivity (Wildman–Crippen MR) is 118 cm³/mol. The zero-order chi connectivity index (χ0) is 21.7. The summed E-state index contributed by atoms with van der Waals surface area (Å²) in [5.41, 5.74) is 0.506. The van der Waals surface area contributed by atoms with Gasteiger partial charge in [-0.3, -0.25) is 4.79 Å². The Kier molecular flexibility index (Phi) is 6.99. The number of hydrogen-bond donors (Lipinski definition) is 1. The van der Waals surface area contributed by atoms with Gasteiger partial charge in [-0.2, -0.15) is 4.31 Å². The van der Waals surface area contributed by atoms with Crippen LogP contribution in [0.4, 0.5) is 5.69 Å².